The summed E-state index contributed by atoms with van der Waals surface area (Å²) in [7, 11) is 0. The smallest absolute Gasteiger partial charge is 0.0464 e. The van der Waals surface area contributed by atoms with E-state index in [9.17, 15) is 0 Å². The lowest BCUT2D eigenvalue weighted by molar-refractivity contribution is 0.250. The molecular weight excluding hydrogens is 242 g/mol. The highest BCUT2D eigenvalue weighted by Crippen LogP contribution is 2.25. The van der Waals surface area contributed by atoms with E-state index in [1.165, 1.54) is 10.5 Å². The van der Waals surface area contributed by atoms with Crippen molar-refractivity contribution in [1.82, 2.24) is 5.32 Å². The summed E-state index contributed by atoms with van der Waals surface area (Å²) < 4.78 is 0. The minimum absolute atomic E-state index is 0.135. The summed E-state index contributed by atoms with van der Waals surface area (Å²) in [4.78, 5) is 1.31. The molecule has 0 aromatic heterocycles. The van der Waals surface area contributed by atoms with Crippen molar-refractivity contribution in [3.8, 4) is 0 Å². The fourth-order valence-electron chi connectivity index (χ4n) is 1.44. The van der Waals surface area contributed by atoms with Crippen molar-refractivity contribution in [2.45, 2.75) is 44.7 Å². The summed E-state index contributed by atoms with van der Waals surface area (Å²) in [5.74, 6) is 1.31. The zero-order valence-electron chi connectivity index (χ0n) is 11.9. The summed E-state index contributed by atoms with van der Waals surface area (Å²) in [5, 5.41) is 12.6. The number of aliphatic hydroxyl groups is 1. The van der Waals surface area contributed by atoms with Crippen molar-refractivity contribution in [2.75, 3.05) is 12.4 Å². The monoisotopic (exact) mass is 267 g/mol. The molecule has 0 amide bonds. The van der Waals surface area contributed by atoms with Crippen molar-refractivity contribution < 1.29 is 5.11 Å². The van der Waals surface area contributed by atoms with Crippen LogP contribution in [0.25, 0.3) is 0 Å². The molecule has 2 N–H and O–H groups in total. The van der Waals surface area contributed by atoms with E-state index in [4.69, 9.17) is 5.11 Å². The van der Waals surface area contributed by atoms with Crippen LogP contribution in [0, 0.1) is 5.92 Å². The fraction of sp³-hybridized carbons (Fsp3) is 0.600. The van der Waals surface area contributed by atoms with Crippen molar-refractivity contribution in [3.63, 3.8) is 0 Å². The van der Waals surface area contributed by atoms with Crippen LogP contribution >= 0.6 is 11.8 Å². The normalized spacial score (nSPS) is 13.6. The Morgan fingerprint density at radius 2 is 1.94 bits per heavy atom. The van der Waals surface area contributed by atoms with Crippen molar-refractivity contribution in [2.24, 2.45) is 5.92 Å². The Morgan fingerprint density at radius 1 is 1.28 bits per heavy atom. The topological polar surface area (TPSA) is 32.3 Å². The van der Waals surface area contributed by atoms with E-state index in [0.29, 0.717) is 5.92 Å². The van der Waals surface area contributed by atoms with E-state index in [2.05, 4.69) is 57.3 Å². The molecule has 0 heterocycles. The van der Waals surface area contributed by atoms with Crippen LogP contribution in [0.15, 0.2) is 29.2 Å². The SMILES string of the molecule is CC(CO)CSc1ccccc1CNC(C)(C)C. The Hall–Kier alpha value is -0.510. The van der Waals surface area contributed by atoms with Crippen molar-refractivity contribution in [1.29, 1.82) is 0 Å². The third kappa shape index (κ3) is 5.89. The van der Waals surface area contributed by atoms with E-state index in [0.717, 1.165) is 12.3 Å². The maximum atomic E-state index is 9.07. The molecule has 1 rings (SSSR count). The van der Waals surface area contributed by atoms with Gasteiger partial charge in [-0.2, -0.15) is 0 Å². The highest BCUT2D eigenvalue weighted by Gasteiger charge is 2.11. The Kier molecular flexibility index (Phi) is 6.19. The molecule has 18 heavy (non-hydrogen) atoms. The first-order chi connectivity index (χ1) is 8.42. The van der Waals surface area contributed by atoms with Crippen LogP contribution in [0.5, 0.6) is 0 Å². The minimum Gasteiger partial charge on any atom is -0.396 e. The molecule has 0 fully saturated rings. The van der Waals surface area contributed by atoms with Crippen LogP contribution in [0.1, 0.15) is 33.3 Å². The molecule has 0 aliphatic carbocycles. The number of aliphatic hydroxyl groups excluding tert-OH is 1. The van der Waals surface area contributed by atoms with Gasteiger partial charge in [0.2, 0.25) is 0 Å². The third-order valence-corrected chi connectivity index (χ3v) is 4.06. The predicted molar refractivity (Wildman–Crippen MR) is 80.0 cm³/mol. The zero-order valence-corrected chi connectivity index (χ0v) is 12.7. The highest BCUT2D eigenvalue weighted by atomic mass is 32.2. The van der Waals surface area contributed by atoms with Crippen LogP contribution in [0.3, 0.4) is 0 Å². The average molecular weight is 267 g/mol. The van der Waals surface area contributed by atoms with Gasteiger partial charge in [-0.1, -0.05) is 25.1 Å². The first-order valence-corrected chi connectivity index (χ1v) is 7.47. The molecule has 0 spiro atoms. The van der Waals surface area contributed by atoms with E-state index >= 15 is 0 Å². The number of rotatable bonds is 6. The van der Waals surface area contributed by atoms with Gasteiger partial charge >= 0.3 is 0 Å². The molecule has 0 saturated carbocycles. The molecular formula is C15H25NOS. The van der Waals surface area contributed by atoms with Gasteiger partial charge < -0.3 is 10.4 Å². The molecule has 1 aromatic carbocycles. The third-order valence-electron chi connectivity index (χ3n) is 2.62. The molecule has 3 heteroatoms. The molecule has 1 unspecified atom stereocenters. The summed E-state index contributed by atoms with van der Waals surface area (Å²) >= 11 is 1.83. The lowest BCUT2D eigenvalue weighted by Gasteiger charge is -2.21. The Bertz CT molecular complexity index is 360. The first-order valence-electron chi connectivity index (χ1n) is 6.49. The molecule has 0 bridgehead atoms. The summed E-state index contributed by atoms with van der Waals surface area (Å²) in [5.41, 5.74) is 1.47. The second kappa shape index (κ2) is 7.17. The van der Waals surface area contributed by atoms with Crippen molar-refractivity contribution >= 4 is 11.8 Å². The van der Waals surface area contributed by atoms with E-state index in [-0.39, 0.29) is 12.1 Å². The number of benzene rings is 1. The van der Waals surface area contributed by atoms with Crippen molar-refractivity contribution in [3.05, 3.63) is 29.8 Å². The molecule has 0 aliphatic heterocycles. The largest absolute Gasteiger partial charge is 0.396 e. The molecule has 1 aromatic rings. The number of nitrogens with one attached hydrogen (secondary N) is 1. The van der Waals surface area contributed by atoms with E-state index < -0.39 is 0 Å². The predicted octanol–water partition coefficient (Wildman–Crippen LogP) is 3.30. The Morgan fingerprint density at radius 3 is 2.56 bits per heavy atom. The summed E-state index contributed by atoms with van der Waals surface area (Å²) in [6, 6.07) is 8.49. The van der Waals surface area contributed by atoms with Gasteiger partial charge in [0.1, 0.15) is 0 Å². The van der Waals surface area contributed by atoms with E-state index in [1.807, 2.05) is 11.8 Å². The van der Waals surface area contributed by atoms with Gasteiger partial charge in [-0.3, -0.25) is 0 Å². The fourth-order valence-corrected chi connectivity index (χ4v) is 2.51. The minimum atomic E-state index is 0.135. The maximum absolute atomic E-state index is 9.07. The average Bonchev–Trinajstić information content (AvgIpc) is 2.33. The van der Waals surface area contributed by atoms with Crippen LogP contribution in [0.2, 0.25) is 0 Å². The van der Waals surface area contributed by atoms with Gasteiger partial charge in [-0.25, -0.2) is 0 Å². The molecule has 102 valence electrons. The van der Waals surface area contributed by atoms with Gasteiger partial charge in [0, 0.05) is 29.3 Å². The summed E-state index contributed by atoms with van der Waals surface area (Å²) in [6.45, 7) is 9.75. The van der Waals surface area contributed by atoms with Crippen LogP contribution in [0.4, 0.5) is 0 Å². The first kappa shape index (κ1) is 15.5. The molecule has 1 atom stereocenters. The number of hydrogen-bond acceptors (Lipinski definition) is 3. The maximum Gasteiger partial charge on any atom is 0.0464 e. The second-order valence-electron chi connectivity index (χ2n) is 5.81. The highest BCUT2D eigenvalue weighted by molar-refractivity contribution is 7.99. The lowest BCUT2D eigenvalue weighted by atomic mass is 10.1. The molecule has 0 aliphatic rings. The lowest BCUT2D eigenvalue weighted by Crippen LogP contribution is -2.35. The van der Waals surface area contributed by atoms with Gasteiger partial charge in [0.25, 0.3) is 0 Å². The molecule has 0 saturated heterocycles. The number of hydrogen-bond donors (Lipinski definition) is 2. The van der Waals surface area contributed by atoms with Gasteiger partial charge in [-0.05, 0) is 38.3 Å². The van der Waals surface area contributed by atoms with Crippen LogP contribution in [-0.2, 0) is 6.54 Å². The second-order valence-corrected chi connectivity index (χ2v) is 6.87. The molecule has 0 radical (unpaired) electrons. The zero-order chi connectivity index (χ0) is 13.6. The van der Waals surface area contributed by atoms with Crippen LogP contribution < -0.4 is 5.32 Å². The molecule has 2 nitrogen and oxygen atoms in total. The van der Waals surface area contributed by atoms with Gasteiger partial charge in [0.15, 0.2) is 0 Å². The summed E-state index contributed by atoms with van der Waals surface area (Å²) in [6.07, 6.45) is 0. The standard InChI is InChI=1S/C15H25NOS/c1-12(10-17)11-18-14-8-6-5-7-13(14)9-16-15(2,3)4/h5-8,12,16-17H,9-11H2,1-4H3. The Labute approximate surface area is 115 Å². The van der Waals surface area contributed by atoms with E-state index in [1.54, 1.807) is 0 Å². The quantitative estimate of drug-likeness (QED) is 0.776. The number of thioether (sulfide) groups is 1. The Balaban J connectivity index is 2.62. The van der Waals surface area contributed by atoms with Crippen LogP contribution in [-0.4, -0.2) is 23.0 Å². The van der Waals surface area contributed by atoms with Gasteiger partial charge in [0.05, 0.1) is 0 Å². The van der Waals surface area contributed by atoms with Gasteiger partial charge in [-0.15, -0.1) is 11.8 Å².